The van der Waals surface area contributed by atoms with E-state index < -0.39 is 0 Å². The van der Waals surface area contributed by atoms with E-state index in [-0.39, 0.29) is 11.6 Å². The second-order valence-corrected chi connectivity index (χ2v) is 9.70. The molecule has 1 amide bonds. The second kappa shape index (κ2) is 8.70. The fourth-order valence-corrected chi connectivity index (χ4v) is 5.88. The van der Waals surface area contributed by atoms with Gasteiger partial charge in [-0.1, -0.05) is 56.0 Å². The predicted molar refractivity (Wildman–Crippen MR) is 132 cm³/mol. The van der Waals surface area contributed by atoms with Gasteiger partial charge in [0.15, 0.2) is 0 Å². The van der Waals surface area contributed by atoms with Gasteiger partial charge in [-0.25, -0.2) is 0 Å². The monoisotopic (exact) mass is 455 g/mol. The molecule has 0 N–H and O–H groups in total. The molecule has 2 saturated carbocycles. The fraction of sp³-hybridized carbons (Fsp3) is 0.407. The molecule has 0 saturated heterocycles. The van der Waals surface area contributed by atoms with Crippen molar-refractivity contribution < 1.29 is 4.79 Å². The van der Waals surface area contributed by atoms with Crippen LogP contribution in [0.5, 0.6) is 0 Å². The molecule has 7 nitrogen and oxygen atoms in total. The topological polar surface area (TPSA) is 72.5 Å². The summed E-state index contributed by atoms with van der Waals surface area (Å²) in [4.78, 5) is 27.7. The molecular weight excluding hydrogens is 426 g/mol. The van der Waals surface area contributed by atoms with E-state index in [0.29, 0.717) is 23.6 Å². The Kier molecular flexibility index (Phi) is 5.40. The molecule has 2 aromatic carbocycles. The Bertz CT molecular complexity index is 1400. The smallest absolute Gasteiger partial charge is 0.263 e. The van der Waals surface area contributed by atoms with Gasteiger partial charge < -0.3 is 4.90 Å². The fourth-order valence-electron chi connectivity index (χ4n) is 5.88. The first-order chi connectivity index (χ1) is 16.7. The zero-order valence-electron chi connectivity index (χ0n) is 19.3. The Morgan fingerprint density at radius 1 is 0.941 bits per heavy atom. The lowest BCUT2D eigenvalue weighted by molar-refractivity contribution is -0.107. The van der Waals surface area contributed by atoms with E-state index in [1.54, 1.807) is 4.57 Å². The molecule has 0 radical (unpaired) electrons. The molecule has 2 heterocycles. The van der Waals surface area contributed by atoms with Crippen molar-refractivity contribution in [3.05, 3.63) is 70.3 Å². The molecule has 6 rings (SSSR count). The summed E-state index contributed by atoms with van der Waals surface area (Å²) >= 11 is 0. The van der Waals surface area contributed by atoms with Crippen LogP contribution >= 0.6 is 0 Å². The van der Waals surface area contributed by atoms with Gasteiger partial charge in [0.1, 0.15) is 5.82 Å². The van der Waals surface area contributed by atoms with Gasteiger partial charge >= 0.3 is 0 Å². The zero-order valence-corrected chi connectivity index (χ0v) is 19.3. The third-order valence-electron chi connectivity index (χ3n) is 7.64. The molecule has 0 unspecified atom stereocenters. The Balaban J connectivity index is 1.57. The number of hydrogen-bond acceptors (Lipinski definition) is 4. The number of hydrogen-bond donors (Lipinski definition) is 0. The number of carbonyl (C=O) groups is 1. The number of amides is 1. The Morgan fingerprint density at radius 2 is 1.68 bits per heavy atom. The SMILES string of the molecule is O=CN(c1ccc2c(c1)c(=O)n(Cc1ccccc1)c1nnc(C3CCCC3)n21)C1CCCC1. The molecular formula is C27H29N5O2. The minimum atomic E-state index is -0.101. The van der Waals surface area contributed by atoms with Crippen LogP contribution < -0.4 is 10.5 Å². The van der Waals surface area contributed by atoms with Crippen LogP contribution in [0.4, 0.5) is 5.69 Å². The van der Waals surface area contributed by atoms with Gasteiger partial charge in [-0.2, -0.15) is 0 Å². The Morgan fingerprint density at radius 3 is 2.41 bits per heavy atom. The average Bonchev–Trinajstić information content (AvgIpc) is 3.65. The van der Waals surface area contributed by atoms with Crippen molar-refractivity contribution in [2.75, 3.05) is 4.90 Å². The van der Waals surface area contributed by atoms with Crippen LogP contribution in [0.3, 0.4) is 0 Å². The van der Waals surface area contributed by atoms with E-state index in [1.165, 1.54) is 12.8 Å². The number of rotatable bonds is 6. The van der Waals surface area contributed by atoms with Crippen LogP contribution in [0.25, 0.3) is 16.7 Å². The molecule has 34 heavy (non-hydrogen) atoms. The normalized spacial score (nSPS) is 17.2. The summed E-state index contributed by atoms with van der Waals surface area (Å²) in [5.74, 6) is 1.87. The van der Waals surface area contributed by atoms with Crippen LogP contribution in [-0.2, 0) is 11.3 Å². The van der Waals surface area contributed by atoms with Crippen molar-refractivity contribution in [2.45, 2.75) is 69.9 Å². The molecule has 0 aliphatic heterocycles. The first-order valence-electron chi connectivity index (χ1n) is 12.4. The van der Waals surface area contributed by atoms with Gasteiger partial charge in [0.25, 0.3) is 5.56 Å². The molecule has 0 spiro atoms. The maximum absolute atomic E-state index is 13.8. The minimum absolute atomic E-state index is 0.101. The van der Waals surface area contributed by atoms with E-state index in [0.717, 1.165) is 67.5 Å². The van der Waals surface area contributed by atoms with Crippen molar-refractivity contribution in [1.82, 2.24) is 19.2 Å². The van der Waals surface area contributed by atoms with Gasteiger partial charge in [-0.3, -0.25) is 18.6 Å². The van der Waals surface area contributed by atoms with E-state index >= 15 is 0 Å². The first kappa shape index (κ1) is 21.1. The Labute approximate surface area is 198 Å². The van der Waals surface area contributed by atoms with Crippen molar-refractivity contribution in [1.29, 1.82) is 0 Å². The summed E-state index contributed by atoms with van der Waals surface area (Å²) in [6.45, 7) is 0.423. The lowest BCUT2D eigenvalue weighted by Gasteiger charge is -2.25. The largest absolute Gasteiger partial charge is 0.312 e. The molecule has 2 aromatic heterocycles. The summed E-state index contributed by atoms with van der Waals surface area (Å²) in [6.07, 6.45) is 9.79. The van der Waals surface area contributed by atoms with Gasteiger partial charge in [0, 0.05) is 17.6 Å². The van der Waals surface area contributed by atoms with Crippen molar-refractivity contribution >= 4 is 28.8 Å². The van der Waals surface area contributed by atoms with Crippen LogP contribution in [0.2, 0.25) is 0 Å². The summed E-state index contributed by atoms with van der Waals surface area (Å²) in [5, 5.41) is 9.71. The number of aromatic nitrogens is 4. The molecule has 2 aliphatic carbocycles. The van der Waals surface area contributed by atoms with Crippen LogP contribution in [-0.4, -0.2) is 31.6 Å². The van der Waals surface area contributed by atoms with Crippen molar-refractivity contribution in [3.63, 3.8) is 0 Å². The maximum atomic E-state index is 13.8. The molecule has 0 atom stereocenters. The number of carbonyl (C=O) groups excluding carboxylic acids is 1. The van der Waals surface area contributed by atoms with Gasteiger partial charge in [0.2, 0.25) is 12.2 Å². The first-order valence-corrected chi connectivity index (χ1v) is 12.4. The van der Waals surface area contributed by atoms with Gasteiger partial charge in [-0.15, -0.1) is 10.2 Å². The predicted octanol–water partition coefficient (Wildman–Crippen LogP) is 4.66. The quantitative estimate of drug-likeness (QED) is 0.397. The maximum Gasteiger partial charge on any atom is 0.263 e. The van der Waals surface area contributed by atoms with Crippen molar-refractivity contribution in [2.24, 2.45) is 0 Å². The van der Waals surface area contributed by atoms with E-state index in [1.807, 2.05) is 53.4 Å². The highest BCUT2D eigenvalue weighted by Crippen LogP contribution is 2.35. The molecule has 2 aliphatic rings. The molecule has 4 aromatic rings. The number of nitrogens with zero attached hydrogens (tertiary/aromatic N) is 5. The van der Waals surface area contributed by atoms with Crippen LogP contribution in [0.15, 0.2) is 53.3 Å². The summed E-state index contributed by atoms with van der Waals surface area (Å²) in [5.41, 5.74) is 2.54. The highest BCUT2D eigenvalue weighted by molar-refractivity contribution is 5.88. The van der Waals surface area contributed by atoms with Crippen LogP contribution in [0.1, 0.15) is 68.7 Å². The molecule has 7 heteroatoms. The third-order valence-corrected chi connectivity index (χ3v) is 7.64. The highest BCUT2D eigenvalue weighted by Gasteiger charge is 2.27. The molecule has 174 valence electrons. The lowest BCUT2D eigenvalue weighted by Crippen LogP contribution is -2.32. The molecule has 0 bridgehead atoms. The second-order valence-electron chi connectivity index (χ2n) is 9.70. The third kappa shape index (κ3) is 3.50. The van der Waals surface area contributed by atoms with E-state index in [2.05, 4.69) is 14.6 Å². The Hall–Kier alpha value is -3.48. The zero-order chi connectivity index (χ0) is 23.1. The number of benzene rings is 2. The van der Waals surface area contributed by atoms with Crippen LogP contribution in [0, 0.1) is 0 Å². The summed E-state index contributed by atoms with van der Waals surface area (Å²) in [6, 6.07) is 16.0. The lowest BCUT2D eigenvalue weighted by atomic mass is 10.1. The van der Waals surface area contributed by atoms with Crippen molar-refractivity contribution in [3.8, 4) is 0 Å². The summed E-state index contributed by atoms with van der Waals surface area (Å²) in [7, 11) is 0. The van der Waals surface area contributed by atoms with E-state index in [4.69, 9.17) is 0 Å². The van der Waals surface area contributed by atoms with E-state index in [9.17, 15) is 9.59 Å². The highest BCUT2D eigenvalue weighted by atomic mass is 16.1. The molecule has 2 fully saturated rings. The number of fused-ring (bicyclic) bond motifs is 3. The summed E-state index contributed by atoms with van der Waals surface area (Å²) < 4.78 is 3.81. The number of anilines is 1. The average molecular weight is 456 g/mol. The van der Waals surface area contributed by atoms with Gasteiger partial charge in [0.05, 0.1) is 17.4 Å². The van der Waals surface area contributed by atoms with Gasteiger partial charge in [-0.05, 0) is 49.4 Å². The minimum Gasteiger partial charge on any atom is -0.312 e. The standard InChI is InChI=1S/C27H29N5O2/c33-18-31(21-12-6-7-13-21)22-14-15-24-23(16-22)26(34)30(17-19-8-2-1-3-9-19)27-29-28-25(32(24)27)20-10-4-5-11-20/h1-3,8-9,14-16,18,20-21H,4-7,10-13,17H2.